The molecule has 0 spiro atoms. The van der Waals surface area contributed by atoms with Gasteiger partial charge in [-0.2, -0.15) is 15.4 Å². The van der Waals surface area contributed by atoms with Crippen molar-refractivity contribution in [3.8, 4) is 11.8 Å². The van der Waals surface area contributed by atoms with Gasteiger partial charge in [-0.05, 0) is 37.1 Å². The van der Waals surface area contributed by atoms with E-state index in [-0.39, 0.29) is 29.8 Å². The number of hydrogen-bond acceptors (Lipinski definition) is 12. The van der Waals surface area contributed by atoms with Crippen LogP contribution in [0.15, 0.2) is 48.8 Å². The van der Waals surface area contributed by atoms with Crippen LogP contribution < -0.4 is 15.3 Å². The molecule has 14 nitrogen and oxygen atoms in total. The van der Waals surface area contributed by atoms with Crippen molar-refractivity contribution in [1.82, 2.24) is 19.7 Å². The number of para-hydroxylation sites is 1. The minimum Gasteiger partial charge on any atom is -0.464 e. The zero-order valence-corrected chi connectivity index (χ0v) is 24.4. The summed E-state index contributed by atoms with van der Waals surface area (Å²) < 4.78 is 37.8. The molecule has 2 unspecified atom stereocenters. The van der Waals surface area contributed by atoms with Gasteiger partial charge >= 0.3 is 13.7 Å². The van der Waals surface area contributed by atoms with Crippen molar-refractivity contribution in [2.24, 2.45) is 5.92 Å². The van der Waals surface area contributed by atoms with Crippen LogP contribution in [0.3, 0.4) is 0 Å². The van der Waals surface area contributed by atoms with Gasteiger partial charge in [0.25, 0.3) is 0 Å². The minimum atomic E-state index is -4.32. The van der Waals surface area contributed by atoms with Gasteiger partial charge in [-0.15, -0.1) is 0 Å². The fourth-order valence-electron chi connectivity index (χ4n) is 4.57. The maximum Gasteiger partial charge on any atom is 0.459 e. The molecule has 3 heterocycles. The highest BCUT2D eigenvalue weighted by molar-refractivity contribution is 7.52. The molecule has 1 aromatic carbocycles. The molecule has 0 bridgehead atoms. The van der Waals surface area contributed by atoms with Gasteiger partial charge < -0.3 is 29.9 Å². The standard InChI is InChI=1S/C27H35N6O8P/c1-4-18(5-2)13-38-26(36)17(3)32-42(37,41-19-9-7-6-8-10-19)39-14-21-23(34)24(35)27(15-28,40-21)22-12-11-20-25(29)30-16-31-33(20)22/h6-12,16-18,21,23-24,34-35H,4-5,13-14H2,1-3H3,(H,32,37)(H2,29,30,31)/t17-,21?,23+,24+,27-,42?/m0/s1. The summed E-state index contributed by atoms with van der Waals surface area (Å²) in [6.07, 6.45) is -1.87. The molecule has 3 aromatic rings. The average Bonchev–Trinajstić information content (AvgIpc) is 3.53. The Morgan fingerprint density at radius 2 is 1.98 bits per heavy atom. The highest BCUT2D eigenvalue weighted by Crippen LogP contribution is 2.47. The molecule has 15 heteroatoms. The van der Waals surface area contributed by atoms with Gasteiger partial charge in [0, 0.05) is 0 Å². The molecule has 5 N–H and O–H groups in total. The van der Waals surface area contributed by atoms with Crippen LogP contribution in [0.1, 0.15) is 39.3 Å². The van der Waals surface area contributed by atoms with Crippen LogP contribution in [0.5, 0.6) is 5.75 Å². The summed E-state index contributed by atoms with van der Waals surface area (Å²) in [6, 6.07) is 12.0. The van der Waals surface area contributed by atoms with Crippen molar-refractivity contribution in [3.05, 3.63) is 54.5 Å². The Bertz CT molecular complexity index is 1460. The lowest BCUT2D eigenvalue weighted by molar-refractivity contribution is -0.146. The second-order valence-electron chi connectivity index (χ2n) is 9.96. The fourth-order valence-corrected chi connectivity index (χ4v) is 6.07. The largest absolute Gasteiger partial charge is 0.464 e. The number of esters is 1. The van der Waals surface area contributed by atoms with Crippen LogP contribution in [0, 0.1) is 17.2 Å². The topological polar surface area (TPSA) is 204 Å². The summed E-state index contributed by atoms with van der Waals surface area (Å²) in [4.78, 5) is 16.6. The molecular weight excluding hydrogens is 567 g/mol. The average molecular weight is 603 g/mol. The predicted octanol–water partition coefficient (Wildman–Crippen LogP) is 2.31. The van der Waals surface area contributed by atoms with E-state index in [2.05, 4.69) is 15.2 Å². The van der Waals surface area contributed by atoms with Gasteiger partial charge in [0.15, 0.2) is 5.82 Å². The maximum absolute atomic E-state index is 13.9. The molecule has 226 valence electrons. The van der Waals surface area contributed by atoms with Crippen molar-refractivity contribution in [2.75, 3.05) is 18.9 Å². The van der Waals surface area contributed by atoms with E-state index >= 15 is 0 Å². The lowest BCUT2D eigenvalue weighted by Gasteiger charge is -2.25. The number of nitrogens with zero attached hydrogens (tertiary/aromatic N) is 4. The van der Waals surface area contributed by atoms with Crippen LogP contribution >= 0.6 is 7.75 Å². The molecule has 1 aliphatic rings. The van der Waals surface area contributed by atoms with E-state index < -0.39 is 50.3 Å². The Morgan fingerprint density at radius 1 is 1.26 bits per heavy atom. The summed E-state index contributed by atoms with van der Waals surface area (Å²) in [6.45, 7) is 5.08. The zero-order chi connectivity index (χ0) is 30.5. The first kappa shape index (κ1) is 31.4. The number of aromatic nitrogens is 3. The van der Waals surface area contributed by atoms with Crippen molar-refractivity contribution in [3.63, 3.8) is 0 Å². The molecule has 0 aliphatic carbocycles. The number of aliphatic hydroxyl groups is 2. The third kappa shape index (κ3) is 6.42. The first-order valence-electron chi connectivity index (χ1n) is 13.5. The number of anilines is 1. The zero-order valence-electron chi connectivity index (χ0n) is 23.5. The first-order chi connectivity index (χ1) is 20.1. The summed E-state index contributed by atoms with van der Waals surface area (Å²) in [5.41, 5.74) is 4.28. The van der Waals surface area contributed by atoms with Crippen LogP contribution in [-0.4, -0.2) is 68.3 Å². The molecule has 2 aromatic heterocycles. The van der Waals surface area contributed by atoms with Gasteiger partial charge in [-0.25, -0.2) is 14.1 Å². The number of nitrogens with two attached hydrogens (primary N) is 1. The van der Waals surface area contributed by atoms with E-state index in [1.165, 1.54) is 23.8 Å². The second kappa shape index (κ2) is 13.2. The Hall–Kier alpha value is -3.57. The van der Waals surface area contributed by atoms with Crippen molar-refractivity contribution >= 4 is 25.1 Å². The monoisotopic (exact) mass is 602 g/mol. The molecule has 1 aliphatic heterocycles. The maximum atomic E-state index is 13.9. The molecule has 4 rings (SSSR count). The quantitative estimate of drug-likeness (QED) is 0.164. The van der Waals surface area contributed by atoms with Gasteiger partial charge in [-0.1, -0.05) is 44.9 Å². The predicted molar refractivity (Wildman–Crippen MR) is 150 cm³/mol. The van der Waals surface area contributed by atoms with Crippen LogP contribution in [-0.2, 0) is 29.0 Å². The van der Waals surface area contributed by atoms with E-state index in [0.29, 0.717) is 5.52 Å². The molecule has 6 atom stereocenters. The van der Waals surface area contributed by atoms with Gasteiger partial charge in [0.05, 0.1) is 18.9 Å². The van der Waals surface area contributed by atoms with Crippen molar-refractivity contribution in [2.45, 2.75) is 63.6 Å². The molecule has 1 fully saturated rings. The minimum absolute atomic E-state index is 0.0961. The molecular formula is C27H35N6O8P. The van der Waals surface area contributed by atoms with Crippen molar-refractivity contribution < 1.29 is 38.1 Å². The number of carbonyl (C=O) groups is 1. The Labute approximate surface area is 242 Å². The molecule has 0 amide bonds. The van der Waals surface area contributed by atoms with Gasteiger partial charge in [0.1, 0.15) is 48.0 Å². The number of aliphatic hydroxyl groups excluding tert-OH is 2. The van der Waals surface area contributed by atoms with Crippen LogP contribution in [0.4, 0.5) is 5.82 Å². The number of ether oxygens (including phenoxy) is 2. The third-order valence-electron chi connectivity index (χ3n) is 7.19. The smallest absolute Gasteiger partial charge is 0.459 e. The summed E-state index contributed by atoms with van der Waals surface area (Å²) in [5, 5.41) is 38.7. The molecule has 42 heavy (non-hydrogen) atoms. The van der Waals surface area contributed by atoms with E-state index in [9.17, 15) is 24.8 Å². The Balaban J connectivity index is 1.53. The number of nitrogens with one attached hydrogen (secondary N) is 1. The van der Waals surface area contributed by atoms with Crippen LogP contribution in [0.2, 0.25) is 0 Å². The molecule has 0 radical (unpaired) electrons. The molecule has 0 saturated carbocycles. The van der Waals surface area contributed by atoms with Crippen molar-refractivity contribution in [1.29, 1.82) is 5.26 Å². The highest BCUT2D eigenvalue weighted by Gasteiger charge is 2.58. The number of fused-ring (bicyclic) bond motifs is 1. The number of nitriles is 1. The summed E-state index contributed by atoms with van der Waals surface area (Å²) in [7, 11) is -4.32. The number of rotatable bonds is 13. The van der Waals surface area contributed by atoms with Gasteiger partial charge in [-0.3, -0.25) is 9.32 Å². The van der Waals surface area contributed by atoms with E-state index in [1.54, 1.807) is 36.4 Å². The number of nitrogen functional groups attached to an aromatic ring is 1. The van der Waals surface area contributed by atoms with E-state index in [4.69, 9.17) is 24.3 Å². The number of carbonyl (C=O) groups excluding carboxylic acids is 1. The summed E-state index contributed by atoms with van der Waals surface area (Å²) in [5.74, 6) is -0.143. The van der Waals surface area contributed by atoms with E-state index in [0.717, 1.165) is 12.8 Å². The SMILES string of the molecule is CCC(CC)COC(=O)[C@H](C)NP(=O)(OCC1O[C@@](C#N)(c2ccc3c(N)ncnn23)[C@H](O)[C@@H]1O)Oc1ccccc1. The Morgan fingerprint density at radius 3 is 2.64 bits per heavy atom. The highest BCUT2D eigenvalue weighted by atomic mass is 31.2. The van der Waals surface area contributed by atoms with E-state index in [1.807, 2.05) is 19.9 Å². The van der Waals surface area contributed by atoms with Gasteiger partial charge in [0.2, 0.25) is 5.60 Å². The summed E-state index contributed by atoms with van der Waals surface area (Å²) >= 11 is 0. The number of benzene rings is 1. The first-order valence-corrected chi connectivity index (χ1v) is 15.1. The fraction of sp³-hybridized carbons (Fsp3) is 0.481. The lowest BCUT2D eigenvalue weighted by Crippen LogP contribution is -2.41. The lowest BCUT2D eigenvalue weighted by atomic mass is 9.92. The second-order valence-corrected chi connectivity index (χ2v) is 11.7. The molecule has 1 saturated heterocycles. The normalized spacial score (nSPS) is 24.3. The van der Waals surface area contributed by atoms with Crippen LogP contribution in [0.25, 0.3) is 5.52 Å². The third-order valence-corrected chi connectivity index (χ3v) is 8.83. The Kier molecular flexibility index (Phi) is 9.83. The number of hydrogen-bond donors (Lipinski definition) is 4.